The second-order valence-corrected chi connectivity index (χ2v) is 5.60. The van der Waals surface area contributed by atoms with Crippen molar-refractivity contribution in [2.75, 3.05) is 19.7 Å². The van der Waals surface area contributed by atoms with Crippen molar-refractivity contribution >= 4 is 0 Å². The number of ether oxygens (including phenoxy) is 1. The van der Waals surface area contributed by atoms with E-state index in [0.717, 1.165) is 12.0 Å². The molecule has 0 radical (unpaired) electrons. The molecule has 2 atom stereocenters. The molecule has 2 unspecified atom stereocenters. The van der Waals surface area contributed by atoms with Crippen LogP contribution in [0.5, 0.6) is 0 Å². The van der Waals surface area contributed by atoms with Crippen molar-refractivity contribution < 1.29 is 14.9 Å². The number of rotatable bonds is 10. The molecule has 1 aromatic rings. The van der Waals surface area contributed by atoms with Crippen LogP contribution in [0.25, 0.3) is 0 Å². The lowest BCUT2D eigenvalue weighted by atomic mass is 10.1. The average molecular weight is 281 g/mol. The minimum Gasteiger partial charge on any atom is -0.392 e. The van der Waals surface area contributed by atoms with Gasteiger partial charge in [0.25, 0.3) is 0 Å². The SMILES string of the molecule is CC(C)CC(O)CNCC(O)COCc1ccccc1. The Hall–Kier alpha value is -0.940. The van der Waals surface area contributed by atoms with E-state index >= 15 is 0 Å². The monoisotopic (exact) mass is 281 g/mol. The molecule has 0 aliphatic heterocycles. The van der Waals surface area contributed by atoms with Gasteiger partial charge < -0.3 is 20.3 Å². The van der Waals surface area contributed by atoms with E-state index in [1.54, 1.807) is 0 Å². The van der Waals surface area contributed by atoms with E-state index < -0.39 is 6.10 Å². The third-order valence-electron chi connectivity index (χ3n) is 2.93. The zero-order valence-corrected chi connectivity index (χ0v) is 12.5. The van der Waals surface area contributed by atoms with Crippen LogP contribution in [0, 0.1) is 5.92 Å². The minimum absolute atomic E-state index is 0.294. The Morgan fingerprint density at radius 1 is 1.05 bits per heavy atom. The second-order valence-electron chi connectivity index (χ2n) is 5.60. The molecule has 1 aromatic carbocycles. The molecule has 1 rings (SSSR count). The van der Waals surface area contributed by atoms with Crippen LogP contribution in [0.3, 0.4) is 0 Å². The predicted octanol–water partition coefficient (Wildman–Crippen LogP) is 1.56. The Labute approximate surface area is 121 Å². The highest BCUT2D eigenvalue weighted by Crippen LogP contribution is 2.03. The summed E-state index contributed by atoms with van der Waals surface area (Å²) in [6, 6.07) is 9.88. The Balaban J connectivity index is 2.04. The molecule has 0 amide bonds. The molecule has 0 saturated carbocycles. The minimum atomic E-state index is -0.551. The van der Waals surface area contributed by atoms with Gasteiger partial charge in [0, 0.05) is 13.1 Å². The van der Waals surface area contributed by atoms with Crippen LogP contribution >= 0.6 is 0 Å². The number of aliphatic hydroxyl groups is 2. The van der Waals surface area contributed by atoms with Crippen molar-refractivity contribution in [1.82, 2.24) is 5.32 Å². The van der Waals surface area contributed by atoms with Gasteiger partial charge in [0.1, 0.15) is 0 Å². The molecule has 0 spiro atoms. The van der Waals surface area contributed by atoms with Crippen molar-refractivity contribution in [3.05, 3.63) is 35.9 Å². The van der Waals surface area contributed by atoms with Gasteiger partial charge in [-0.15, -0.1) is 0 Å². The van der Waals surface area contributed by atoms with Gasteiger partial charge in [0.15, 0.2) is 0 Å². The van der Waals surface area contributed by atoms with E-state index in [1.165, 1.54) is 0 Å². The summed E-state index contributed by atoms with van der Waals surface area (Å²) in [5, 5.41) is 22.5. The summed E-state index contributed by atoms with van der Waals surface area (Å²) in [7, 11) is 0. The topological polar surface area (TPSA) is 61.7 Å². The van der Waals surface area contributed by atoms with Gasteiger partial charge in [-0.2, -0.15) is 0 Å². The quantitative estimate of drug-likeness (QED) is 0.609. The predicted molar refractivity (Wildman–Crippen MR) is 80.4 cm³/mol. The van der Waals surface area contributed by atoms with E-state index in [-0.39, 0.29) is 6.10 Å². The van der Waals surface area contributed by atoms with Gasteiger partial charge in [-0.05, 0) is 17.9 Å². The molecule has 0 bridgehead atoms. The van der Waals surface area contributed by atoms with Gasteiger partial charge in [-0.3, -0.25) is 0 Å². The molecule has 0 aliphatic carbocycles. The van der Waals surface area contributed by atoms with Crippen LogP contribution in [0.2, 0.25) is 0 Å². The van der Waals surface area contributed by atoms with Crippen LogP contribution < -0.4 is 5.32 Å². The van der Waals surface area contributed by atoms with Gasteiger partial charge in [-0.1, -0.05) is 44.2 Å². The van der Waals surface area contributed by atoms with Gasteiger partial charge >= 0.3 is 0 Å². The molecule has 0 heterocycles. The first kappa shape index (κ1) is 17.1. The highest BCUT2D eigenvalue weighted by molar-refractivity contribution is 5.13. The van der Waals surface area contributed by atoms with Crippen molar-refractivity contribution in [1.29, 1.82) is 0 Å². The number of benzene rings is 1. The smallest absolute Gasteiger partial charge is 0.0897 e. The maximum Gasteiger partial charge on any atom is 0.0897 e. The summed E-state index contributed by atoms with van der Waals surface area (Å²) in [6.45, 7) is 5.90. The molecule has 0 aliphatic rings. The zero-order chi connectivity index (χ0) is 14.8. The maximum absolute atomic E-state index is 9.75. The summed E-state index contributed by atoms with van der Waals surface area (Å²) >= 11 is 0. The number of hydrogen-bond acceptors (Lipinski definition) is 4. The molecule has 4 heteroatoms. The highest BCUT2D eigenvalue weighted by Gasteiger charge is 2.08. The lowest BCUT2D eigenvalue weighted by Crippen LogP contribution is -2.35. The fourth-order valence-corrected chi connectivity index (χ4v) is 1.99. The van der Waals surface area contributed by atoms with E-state index in [1.807, 2.05) is 30.3 Å². The lowest BCUT2D eigenvalue weighted by molar-refractivity contribution is 0.0270. The molecule has 0 saturated heterocycles. The van der Waals surface area contributed by atoms with Crippen LogP contribution in [0.15, 0.2) is 30.3 Å². The summed E-state index contributed by atoms with van der Waals surface area (Å²) in [4.78, 5) is 0. The Bertz CT molecular complexity index is 343. The van der Waals surface area contributed by atoms with E-state index in [2.05, 4.69) is 19.2 Å². The third-order valence-corrected chi connectivity index (χ3v) is 2.93. The van der Waals surface area contributed by atoms with Crippen molar-refractivity contribution in [3.63, 3.8) is 0 Å². The van der Waals surface area contributed by atoms with Gasteiger partial charge in [0.05, 0.1) is 25.4 Å². The molecular weight excluding hydrogens is 254 g/mol. The standard InChI is InChI=1S/C16H27NO3/c1-13(2)8-15(18)9-17-10-16(19)12-20-11-14-6-4-3-5-7-14/h3-7,13,15-19H,8-12H2,1-2H3. The first-order valence-electron chi connectivity index (χ1n) is 7.26. The van der Waals surface area contributed by atoms with Crippen molar-refractivity contribution in [2.45, 2.75) is 39.1 Å². The molecule has 0 aromatic heterocycles. The fraction of sp³-hybridized carbons (Fsp3) is 0.625. The largest absolute Gasteiger partial charge is 0.392 e. The molecule has 0 fully saturated rings. The fourth-order valence-electron chi connectivity index (χ4n) is 1.99. The molecule has 20 heavy (non-hydrogen) atoms. The van der Waals surface area contributed by atoms with Gasteiger partial charge in [-0.25, -0.2) is 0 Å². The van der Waals surface area contributed by atoms with Crippen molar-refractivity contribution in [2.24, 2.45) is 5.92 Å². The summed E-state index contributed by atoms with van der Waals surface area (Å²) in [5.41, 5.74) is 1.10. The zero-order valence-electron chi connectivity index (χ0n) is 12.5. The summed E-state index contributed by atoms with van der Waals surface area (Å²) < 4.78 is 5.45. The molecule has 114 valence electrons. The van der Waals surface area contributed by atoms with Crippen LogP contribution in [-0.4, -0.2) is 42.1 Å². The molecule has 3 N–H and O–H groups in total. The Morgan fingerprint density at radius 2 is 1.70 bits per heavy atom. The molecular formula is C16H27NO3. The van der Waals surface area contributed by atoms with Crippen LogP contribution in [-0.2, 0) is 11.3 Å². The van der Waals surface area contributed by atoms with Gasteiger partial charge in [0.2, 0.25) is 0 Å². The van der Waals surface area contributed by atoms with Crippen molar-refractivity contribution in [3.8, 4) is 0 Å². The first-order chi connectivity index (χ1) is 9.58. The average Bonchev–Trinajstić information content (AvgIpc) is 2.39. The van der Waals surface area contributed by atoms with E-state index in [4.69, 9.17) is 4.74 Å². The highest BCUT2D eigenvalue weighted by atomic mass is 16.5. The number of hydrogen-bond donors (Lipinski definition) is 3. The second kappa shape index (κ2) is 9.88. The Morgan fingerprint density at radius 3 is 2.35 bits per heavy atom. The maximum atomic E-state index is 9.75. The van der Waals surface area contributed by atoms with E-state index in [0.29, 0.717) is 32.2 Å². The normalized spacial score (nSPS) is 14.4. The summed E-state index contributed by atoms with van der Waals surface area (Å²) in [5.74, 6) is 0.478. The number of nitrogens with one attached hydrogen (secondary N) is 1. The molecule has 4 nitrogen and oxygen atoms in total. The lowest BCUT2D eigenvalue weighted by Gasteiger charge is -2.16. The van der Waals surface area contributed by atoms with Crippen LogP contribution in [0.1, 0.15) is 25.8 Å². The van der Waals surface area contributed by atoms with Crippen LogP contribution in [0.4, 0.5) is 0 Å². The Kier molecular flexibility index (Phi) is 8.46. The number of aliphatic hydroxyl groups excluding tert-OH is 2. The summed E-state index contributed by atoms with van der Waals surface area (Å²) in [6.07, 6.45) is -0.134. The third kappa shape index (κ3) is 8.27. The van der Waals surface area contributed by atoms with E-state index in [9.17, 15) is 10.2 Å². The first-order valence-corrected chi connectivity index (χ1v) is 7.26.